The molecule has 0 saturated heterocycles. The molecule has 1 atom stereocenters. The number of aliphatic carboxylic acids is 1. The molecule has 0 aliphatic carbocycles. The lowest BCUT2D eigenvalue weighted by molar-refractivity contribution is -0.148. The first-order chi connectivity index (χ1) is 17.5. The first-order valence-corrected chi connectivity index (χ1v) is 11.8. The van der Waals surface area contributed by atoms with E-state index in [9.17, 15) is 9.59 Å². The molecule has 0 amide bonds. The monoisotopic (exact) mass is 484 g/mol. The van der Waals surface area contributed by atoms with Gasteiger partial charge in [-0.3, -0.25) is 4.79 Å². The van der Waals surface area contributed by atoms with Crippen molar-refractivity contribution in [3.05, 3.63) is 108 Å². The van der Waals surface area contributed by atoms with Gasteiger partial charge < -0.3 is 19.3 Å². The molecule has 0 bridgehead atoms. The van der Waals surface area contributed by atoms with Crippen molar-refractivity contribution >= 4 is 22.5 Å². The first kappa shape index (κ1) is 24.9. The van der Waals surface area contributed by atoms with Crippen molar-refractivity contribution in [3.8, 4) is 11.5 Å². The SMILES string of the molecule is COC(Cc1ccc(OCCCOc2ccc3cc(C(=O)c4ccccc4)ccc3c2)cc1)C(=O)O. The second-order valence-corrected chi connectivity index (χ2v) is 8.38. The van der Waals surface area contributed by atoms with E-state index in [2.05, 4.69) is 0 Å². The third kappa shape index (κ3) is 6.49. The van der Waals surface area contributed by atoms with Gasteiger partial charge in [-0.25, -0.2) is 4.79 Å². The van der Waals surface area contributed by atoms with E-state index in [4.69, 9.17) is 19.3 Å². The van der Waals surface area contributed by atoms with Crippen LogP contribution < -0.4 is 9.47 Å². The Bertz CT molecular complexity index is 1310. The fourth-order valence-corrected chi connectivity index (χ4v) is 3.86. The standard InChI is InChI=1S/C30H28O6/c1-34-28(30(32)33)18-21-8-13-26(14-9-21)35-16-5-17-36-27-15-12-23-19-25(11-10-24(23)20-27)29(31)22-6-3-2-4-7-22/h2-4,6-15,19-20,28H,5,16-18H2,1H3,(H,32,33). The Balaban J connectivity index is 1.24. The van der Waals surface area contributed by atoms with Crippen LogP contribution in [-0.2, 0) is 16.0 Å². The normalized spacial score (nSPS) is 11.7. The number of fused-ring (bicyclic) bond motifs is 1. The minimum absolute atomic E-state index is 0.00639. The van der Waals surface area contributed by atoms with Crippen LogP contribution in [-0.4, -0.2) is 43.3 Å². The van der Waals surface area contributed by atoms with Crippen LogP contribution >= 0.6 is 0 Å². The molecular formula is C30H28O6. The van der Waals surface area contributed by atoms with Gasteiger partial charge in [0.2, 0.25) is 0 Å². The van der Waals surface area contributed by atoms with Crippen molar-refractivity contribution in [1.29, 1.82) is 0 Å². The van der Waals surface area contributed by atoms with Crippen LogP contribution in [0.25, 0.3) is 10.8 Å². The lowest BCUT2D eigenvalue weighted by atomic mass is 10.00. The molecule has 0 aliphatic heterocycles. The number of carbonyl (C=O) groups is 2. The maximum Gasteiger partial charge on any atom is 0.333 e. The summed E-state index contributed by atoms with van der Waals surface area (Å²) in [5.41, 5.74) is 2.20. The van der Waals surface area contributed by atoms with Gasteiger partial charge in [0.15, 0.2) is 11.9 Å². The Labute approximate surface area is 210 Å². The highest BCUT2D eigenvalue weighted by Gasteiger charge is 2.16. The highest BCUT2D eigenvalue weighted by molar-refractivity contribution is 6.10. The van der Waals surface area contributed by atoms with E-state index in [0.717, 1.165) is 27.8 Å². The van der Waals surface area contributed by atoms with Crippen molar-refractivity contribution in [2.24, 2.45) is 0 Å². The fourth-order valence-electron chi connectivity index (χ4n) is 3.86. The number of benzene rings is 4. The van der Waals surface area contributed by atoms with Crippen LogP contribution in [0.3, 0.4) is 0 Å². The van der Waals surface area contributed by atoms with E-state index in [1.54, 1.807) is 0 Å². The van der Waals surface area contributed by atoms with Crippen molar-refractivity contribution in [2.45, 2.75) is 18.9 Å². The second kappa shape index (κ2) is 12.0. The Morgan fingerprint density at radius 2 is 1.39 bits per heavy atom. The molecule has 0 radical (unpaired) electrons. The van der Waals surface area contributed by atoms with Gasteiger partial charge in [-0.1, -0.05) is 60.7 Å². The second-order valence-electron chi connectivity index (χ2n) is 8.38. The van der Waals surface area contributed by atoms with E-state index >= 15 is 0 Å². The molecule has 0 heterocycles. The van der Waals surface area contributed by atoms with Crippen molar-refractivity contribution < 1.29 is 28.9 Å². The number of ketones is 1. The summed E-state index contributed by atoms with van der Waals surface area (Å²) in [5, 5.41) is 11.1. The number of rotatable bonds is 12. The first-order valence-electron chi connectivity index (χ1n) is 11.8. The number of methoxy groups -OCH3 is 1. The zero-order valence-corrected chi connectivity index (χ0v) is 20.1. The van der Waals surface area contributed by atoms with Gasteiger partial charge in [0, 0.05) is 31.1 Å². The Kier molecular flexibility index (Phi) is 8.32. The predicted octanol–water partition coefficient (Wildman–Crippen LogP) is 5.56. The molecule has 4 rings (SSSR count). The molecule has 0 aliphatic rings. The zero-order valence-electron chi connectivity index (χ0n) is 20.1. The average molecular weight is 485 g/mol. The summed E-state index contributed by atoms with van der Waals surface area (Å²) in [4.78, 5) is 23.8. The third-order valence-electron chi connectivity index (χ3n) is 5.84. The number of hydrogen-bond donors (Lipinski definition) is 1. The third-order valence-corrected chi connectivity index (χ3v) is 5.84. The van der Waals surface area contributed by atoms with Crippen LogP contribution in [0.5, 0.6) is 11.5 Å². The lowest BCUT2D eigenvalue weighted by Gasteiger charge is -2.11. The maximum atomic E-state index is 12.7. The molecular weight excluding hydrogens is 456 g/mol. The molecule has 4 aromatic rings. The van der Waals surface area contributed by atoms with Gasteiger partial charge in [-0.05, 0) is 46.7 Å². The molecule has 0 fully saturated rings. The lowest BCUT2D eigenvalue weighted by Crippen LogP contribution is -2.24. The van der Waals surface area contributed by atoms with Gasteiger partial charge >= 0.3 is 5.97 Å². The minimum atomic E-state index is -0.979. The molecule has 0 aromatic heterocycles. The Hall–Kier alpha value is -4.16. The van der Waals surface area contributed by atoms with E-state index in [-0.39, 0.29) is 5.78 Å². The van der Waals surface area contributed by atoms with Gasteiger partial charge in [0.1, 0.15) is 11.5 Å². The number of ether oxygens (including phenoxy) is 3. The van der Waals surface area contributed by atoms with Gasteiger partial charge in [0.25, 0.3) is 0 Å². The summed E-state index contributed by atoms with van der Waals surface area (Å²) in [5.74, 6) is 0.508. The maximum absolute atomic E-state index is 12.7. The predicted molar refractivity (Wildman–Crippen MR) is 138 cm³/mol. The van der Waals surface area contributed by atoms with Crippen molar-refractivity contribution in [1.82, 2.24) is 0 Å². The van der Waals surface area contributed by atoms with Crippen LogP contribution in [0.15, 0.2) is 91.0 Å². The molecule has 36 heavy (non-hydrogen) atoms. The Morgan fingerprint density at radius 3 is 2.08 bits per heavy atom. The highest BCUT2D eigenvalue weighted by Crippen LogP contribution is 2.23. The molecule has 4 aromatic carbocycles. The number of carbonyl (C=O) groups excluding carboxylic acids is 1. The molecule has 0 spiro atoms. The quantitative estimate of drug-likeness (QED) is 0.209. The van der Waals surface area contributed by atoms with Gasteiger partial charge in [-0.2, -0.15) is 0 Å². The van der Waals surface area contributed by atoms with Gasteiger partial charge in [0.05, 0.1) is 13.2 Å². The zero-order chi connectivity index (χ0) is 25.3. The largest absolute Gasteiger partial charge is 0.493 e. The molecule has 6 nitrogen and oxygen atoms in total. The van der Waals surface area contributed by atoms with Crippen LogP contribution in [0, 0.1) is 0 Å². The molecule has 1 N–H and O–H groups in total. The van der Waals surface area contributed by atoms with Gasteiger partial charge in [-0.15, -0.1) is 0 Å². The summed E-state index contributed by atoms with van der Waals surface area (Å²) < 4.78 is 16.6. The summed E-state index contributed by atoms with van der Waals surface area (Å²) in [7, 11) is 1.39. The van der Waals surface area contributed by atoms with Crippen LogP contribution in [0.4, 0.5) is 0 Å². The number of hydrogen-bond acceptors (Lipinski definition) is 5. The van der Waals surface area contributed by atoms with E-state index in [1.807, 2.05) is 91.0 Å². The number of carboxylic acid groups (broad SMARTS) is 1. The van der Waals surface area contributed by atoms with E-state index < -0.39 is 12.1 Å². The summed E-state index contributed by atoms with van der Waals surface area (Å²) in [6, 6.07) is 28.1. The van der Waals surface area contributed by atoms with Crippen molar-refractivity contribution in [2.75, 3.05) is 20.3 Å². The minimum Gasteiger partial charge on any atom is -0.493 e. The topological polar surface area (TPSA) is 82.1 Å². The molecule has 184 valence electrons. The van der Waals surface area contributed by atoms with E-state index in [1.165, 1.54) is 7.11 Å². The fraction of sp³-hybridized carbons (Fsp3) is 0.200. The summed E-state index contributed by atoms with van der Waals surface area (Å²) >= 11 is 0. The van der Waals surface area contributed by atoms with Crippen LogP contribution in [0.2, 0.25) is 0 Å². The molecule has 6 heteroatoms. The summed E-state index contributed by atoms with van der Waals surface area (Å²) in [6.45, 7) is 0.996. The molecule has 1 unspecified atom stereocenters. The number of carboxylic acids is 1. The Morgan fingerprint density at radius 1 is 0.750 bits per heavy atom. The summed E-state index contributed by atoms with van der Waals surface area (Å²) in [6.07, 6.45) is 0.147. The van der Waals surface area contributed by atoms with Crippen molar-refractivity contribution in [3.63, 3.8) is 0 Å². The smallest absolute Gasteiger partial charge is 0.333 e. The van der Waals surface area contributed by atoms with E-state index in [0.29, 0.717) is 37.2 Å². The molecule has 0 saturated carbocycles. The highest BCUT2D eigenvalue weighted by atomic mass is 16.5. The average Bonchev–Trinajstić information content (AvgIpc) is 2.91. The van der Waals surface area contributed by atoms with Crippen LogP contribution in [0.1, 0.15) is 27.9 Å².